The maximum Gasteiger partial charge on any atom is 0.188 e. The summed E-state index contributed by atoms with van der Waals surface area (Å²) in [6.07, 6.45) is 0. The van der Waals surface area contributed by atoms with Crippen LogP contribution in [0.1, 0.15) is 16.8 Å². The van der Waals surface area contributed by atoms with Crippen molar-refractivity contribution in [3.05, 3.63) is 41.7 Å². The zero-order valence-electron chi connectivity index (χ0n) is 9.55. The Morgan fingerprint density at radius 2 is 2.12 bits per heavy atom. The van der Waals surface area contributed by atoms with Crippen LogP contribution in [0.15, 0.2) is 30.3 Å². The third-order valence-electron chi connectivity index (χ3n) is 2.32. The van der Waals surface area contributed by atoms with Crippen molar-refractivity contribution >= 4 is 11.6 Å². The lowest BCUT2D eigenvalue weighted by Crippen LogP contribution is -2.19. The summed E-state index contributed by atoms with van der Waals surface area (Å²) in [6.45, 7) is 1.24. The first-order valence-corrected chi connectivity index (χ1v) is 5.82. The highest BCUT2D eigenvalue weighted by molar-refractivity contribution is 6.21. The van der Waals surface area contributed by atoms with E-state index in [9.17, 15) is 0 Å². The summed E-state index contributed by atoms with van der Waals surface area (Å²) in [5.41, 5.74) is 1.11. The molecule has 1 atom stereocenters. The van der Waals surface area contributed by atoms with Crippen LogP contribution in [0, 0.1) is 0 Å². The average molecular weight is 252 g/mol. The van der Waals surface area contributed by atoms with Crippen LogP contribution >= 0.6 is 11.6 Å². The number of benzene rings is 1. The molecule has 2 aromatic rings. The van der Waals surface area contributed by atoms with E-state index in [1.54, 1.807) is 7.05 Å². The van der Waals surface area contributed by atoms with Crippen molar-refractivity contribution in [1.29, 1.82) is 0 Å². The minimum Gasteiger partial charge on any atom is -0.308 e. The third kappa shape index (κ3) is 3.51. The molecule has 1 heterocycles. The first kappa shape index (κ1) is 12.0. The van der Waals surface area contributed by atoms with Crippen LogP contribution in [0.3, 0.4) is 0 Å². The number of hydrogen-bond acceptors (Lipinski definition) is 4. The molecule has 0 aliphatic carbocycles. The van der Waals surface area contributed by atoms with Gasteiger partial charge in [-0.05, 0) is 10.8 Å². The predicted molar refractivity (Wildman–Crippen MR) is 65.5 cm³/mol. The molecule has 6 heteroatoms. The topological polar surface area (TPSA) is 55.6 Å². The Balaban J connectivity index is 1.79. The van der Waals surface area contributed by atoms with Crippen molar-refractivity contribution < 1.29 is 0 Å². The lowest BCUT2D eigenvalue weighted by atomic mass is 10.1. The first-order valence-electron chi connectivity index (χ1n) is 5.38. The van der Waals surface area contributed by atoms with Crippen molar-refractivity contribution in [3.8, 4) is 0 Å². The number of hydrogen-bond donors (Lipinski definition) is 1. The fourth-order valence-electron chi connectivity index (χ4n) is 1.48. The second-order valence-corrected chi connectivity index (χ2v) is 4.23. The van der Waals surface area contributed by atoms with Gasteiger partial charge >= 0.3 is 0 Å². The Labute approximate surface area is 105 Å². The van der Waals surface area contributed by atoms with Crippen LogP contribution in [0.25, 0.3) is 0 Å². The molecule has 0 spiro atoms. The predicted octanol–water partition coefficient (Wildman–Crippen LogP) is 1.28. The zero-order valence-corrected chi connectivity index (χ0v) is 10.3. The molecule has 17 heavy (non-hydrogen) atoms. The molecule has 0 fully saturated rings. The smallest absolute Gasteiger partial charge is 0.188 e. The molecule has 0 radical (unpaired) electrons. The van der Waals surface area contributed by atoms with Gasteiger partial charge in [0.25, 0.3) is 0 Å². The van der Waals surface area contributed by atoms with Gasteiger partial charge < -0.3 is 5.32 Å². The highest BCUT2D eigenvalue weighted by Gasteiger charge is 2.07. The molecule has 1 N–H and O–H groups in total. The van der Waals surface area contributed by atoms with E-state index in [2.05, 4.69) is 20.7 Å². The first-order chi connectivity index (χ1) is 8.25. The Bertz CT molecular complexity index is 456. The van der Waals surface area contributed by atoms with Gasteiger partial charge in [0.05, 0.1) is 19.0 Å². The molecule has 0 aliphatic rings. The van der Waals surface area contributed by atoms with Crippen LogP contribution in [0.5, 0.6) is 0 Å². The van der Waals surface area contributed by atoms with Gasteiger partial charge in [-0.25, -0.2) is 0 Å². The van der Waals surface area contributed by atoms with Crippen molar-refractivity contribution in [3.63, 3.8) is 0 Å². The van der Waals surface area contributed by atoms with Gasteiger partial charge in [0.15, 0.2) is 5.82 Å². The van der Waals surface area contributed by atoms with Gasteiger partial charge in [0.1, 0.15) is 0 Å². The fourth-order valence-corrected chi connectivity index (χ4v) is 1.74. The monoisotopic (exact) mass is 251 g/mol. The van der Waals surface area contributed by atoms with Crippen LogP contribution in [0.2, 0.25) is 0 Å². The second kappa shape index (κ2) is 5.75. The number of halogens is 1. The van der Waals surface area contributed by atoms with E-state index in [1.165, 1.54) is 4.80 Å². The van der Waals surface area contributed by atoms with Gasteiger partial charge in [0, 0.05) is 6.54 Å². The van der Waals surface area contributed by atoms with Crippen molar-refractivity contribution in [2.45, 2.75) is 11.9 Å². The van der Waals surface area contributed by atoms with E-state index in [0.29, 0.717) is 18.9 Å². The number of nitrogens with one attached hydrogen (secondary N) is 1. The summed E-state index contributed by atoms with van der Waals surface area (Å²) in [7, 11) is 1.74. The molecule has 1 aromatic carbocycles. The highest BCUT2D eigenvalue weighted by Crippen LogP contribution is 2.18. The van der Waals surface area contributed by atoms with E-state index < -0.39 is 0 Å². The third-order valence-corrected chi connectivity index (χ3v) is 2.72. The normalized spacial score (nSPS) is 12.6. The van der Waals surface area contributed by atoms with Gasteiger partial charge in [0.2, 0.25) is 0 Å². The standard InChI is InChI=1S/C11H14ClN5/c1-17-15-11(14-16-17)8-13-7-10(12)9-5-3-2-4-6-9/h2-6,10,13H,7-8H2,1H3. The number of alkyl halides is 1. The number of aryl methyl sites for hydroxylation is 1. The summed E-state index contributed by atoms with van der Waals surface area (Å²) in [6, 6.07) is 9.97. The van der Waals surface area contributed by atoms with Crippen LogP contribution in [-0.2, 0) is 13.6 Å². The Hall–Kier alpha value is -1.46. The molecular weight excluding hydrogens is 238 g/mol. The van der Waals surface area contributed by atoms with E-state index in [0.717, 1.165) is 5.56 Å². The van der Waals surface area contributed by atoms with E-state index in [1.807, 2.05) is 30.3 Å². The maximum atomic E-state index is 6.25. The summed E-state index contributed by atoms with van der Waals surface area (Å²) in [5, 5.41) is 14.9. The van der Waals surface area contributed by atoms with Crippen molar-refractivity contribution in [2.75, 3.05) is 6.54 Å². The summed E-state index contributed by atoms with van der Waals surface area (Å²) >= 11 is 6.25. The highest BCUT2D eigenvalue weighted by atomic mass is 35.5. The molecule has 1 aromatic heterocycles. The fraction of sp³-hybridized carbons (Fsp3) is 0.364. The van der Waals surface area contributed by atoms with Crippen LogP contribution in [0.4, 0.5) is 0 Å². The SMILES string of the molecule is Cn1nnc(CNCC(Cl)c2ccccc2)n1. The summed E-state index contributed by atoms with van der Waals surface area (Å²) < 4.78 is 0. The molecule has 90 valence electrons. The Morgan fingerprint density at radius 3 is 2.76 bits per heavy atom. The summed E-state index contributed by atoms with van der Waals surface area (Å²) in [4.78, 5) is 1.44. The minimum absolute atomic E-state index is 0.0483. The molecular formula is C11H14ClN5. The molecule has 0 amide bonds. The minimum atomic E-state index is -0.0483. The summed E-state index contributed by atoms with van der Waals surface area (Å²) in [5.74, 6) is 0.671. The van der Waals surface area contributed by atoms with E-state index in [4.69, 9.17) is 11.6 Å². The lowest BCUT2D eigenvalue weighted by molar-refractivity contribution is 0.617. The molecule has 1 unspecified atom stereocenters. The largest absolute Gasteiger partial charge is 0.308 e. The number of aromatic nitrogens is 4. The van der Waals surface area contributed by atoms with E-state index >= 15 is 0 Å². The van der Waals surface area contributed by atoms with Crippen molar-refractivity contribution in [2.24, 2.45) is 7.05 Å². The number of nitrogens with zero attached hydrogens (tertiary/aromatic N) is 4. The number of rotatable bonds is 5. The zero-order chi connectivity index (χ0) is 12.1. The van der Waals surface area contributed by atoms with Crippen LogP contribution < -0.4 is 5.32 Å². The molecule has 0 saturated carbocycles. The molecule has 0 bridgehead atoms. The molecule has 0 saturated heterocycles. The molecule has 0 aliphatic heterocycles. The van der Waals surface area contributed by atoms with Crippen LogP contribution in [-0.4, -0.2) is 26.8 Å². The molecule has 5 nitrogen and oxygen atoms in total. The van der Waals surface area contributed by atoms with E-state index in [-0.39, 0.29) is 5.38 Å². The maximum absolute atomic E-state index is 6.25. The lowest BCUT2D eigenvalue weighted by Gasteiger charge is -2.09. The Morgan fingerprint density at radius 1 is 1.35 bits per heavy atom. The van der Waals surface area contributed by atoms with Gasteiger partial charge in [-0.3, -0.25) is 0 Å². The van der Waals surface area contributed by atoms with Gasteiger partial charge in [-0.2, -0.15) is 4.80 Å². The number of tetrazole rings is 1. The average Bonchev–Trinajstić information content (AvgIpc) is 2.76. The molecule has 2 rings (SSSR count). The second-order valence-electron chi connectivity index (χ2n) is 3.70. The van der Waals surface area contributed by atoms with Gasteiger partial charge in [-0.1, -0.05) is 30.3 Å². The Kier molecular flexibility index (Phi) is 4.06. The van der Waals surface area contributed by atoms with Crippen molar-refractivity contribution in [1.82, 2.24) is 25.5 Å². The van der Waals surface area contributed by atoms with Gasteiger partial charge in [-0.15, -0.1) is 21.8 Å². The quantitative estimate of drug-likeness (QED) is 0.814.